The number of piperazine rings is 3. The summed E-state index contributed by atoms with van der Waals surface area (Å²) < 4.78 is 33.7. The smallest absolute Gasteiger partial charge is 0.410 e. The second-order valence-corrected chi connectivity index (χ2v) is 37.8. The Labute approximate surface area is 771 Å². The summed E-state index contributed by atoms with van der Waals surface area (Å²) in [6, 6.07) is 11.9. The van der Waals surface area contributed by atoms with E-state index in [1.807, 2.05) is 135 Å². The summed E-state index contributed by atoms with van der Waals surface area (Å²) in [6.45, 7) is 43.7. The van der Waals surface area contributed by atoms with Crippen molar-refractivity contribution in [2.24, 2.45) is 0 Å². The molecule has 128 heavy (non-hydrogen) atoms. The number of nitrogens with zero attached hydrogens (tertiary/aromatic N) is 18. The zero-order valence-electron chi connectivity index (χ0n) is 76.6. The quantitative estimate of drug-likeness (QED) is 0.0293. The summed E-state index contributed by atoms with van der Waals surface area (Å²) in [4.78, 5) is 128. The standard InChI is InChI=1S/C33H45N7O4.C27H34BrN7O3.C14H22N4O2.C13H13BrClN3O.C6H12O/c1-7-8-19-43-23(3)28-22(2)26-21-35-31(37-29(26)40(30(28)41)24-11-9-10-12-24)36-27-14-13-25(20-34-27)38-15-17-39(18-16-38)32(42)44-33(4,5)6;1-17-20-16-30-25(32-23(20)35(24(36)22(17)28)18-7-5-6-8-18)31-21-10-9-19(15-29-21)33-11-13-34(14-12-33)26(37)38-27(2,3)4;1-14(2,3)20-13(19)18-8-6-17(7-9-18)11-4-5-12(15)16-10-11;1-7-9-6-16-13(15)17-11(9)18(12(19)10(7)14)8-4-2-3-5-8;1-3-5-6-7-4-2/h13-14,20-21,24H,3,7-12,15-19H2,1-2,4-6H3,(H,34,35,36,37);9-10,15-16,18H,5-8,11-14H2,1-4H3,(H,29,30,31,32);4-5,10H,6-9H2,1-3H3,(H2,15,16);6,8H,2-5H2,1H3;4H,2-3,5-6H2,1H3. The van der Waals surface area contributed by atoms with E-state index in [1.165, 1.54) is 12.7 Å². The number of nitrogens with two attached hydrogens (primary N) is 1. The van der Waals surface area contributed by atoms with Gasteiger partial charge in [0.05, 0.1) is 69.6 Å². The van der Waals surface area contributed by atoms with E-state index < -0.39 is 16.8 Å². The summed E-state index contributed by atoms with van der Waals surface area (Å²) in [5.74, 6) is 2.91. The average Bonchev–Trinajstić information content (AvgIpc) is 0.943. The number of ether oxygens (including phenoxy) is 5. The van der Waals surface area contributed by atoms with Gasteiger partial charge in [-0.3, -0.25) is 28.1 Å². The number of unbranched alkanes of at least 4 members (excludes halogenated alkanes) is 2. The number of carbonyl (C=O) groups is 3. The highest BCUT2D eigenvalue weighted by Crippen LogP contribution is 2.38. The van der Waals surface area contributed by atoms with Gasteiger partial charge < -0.3 is 69.5 Å². The second-order valence-electron chi connectivity index (χ2n) is 35.8. The van der Waals surface area contributed by atoms with Gasteiger partial charge in [-0.05, 0) is 231 Å². The van der Waals surface area contributed by atoms with Gasteiger partial charge in [-0.15, -0.1) is 0 Å². The first-order chi connectivity index (χ1) is 61.0. The summed E-state index contributed by atoms with van der Waals surface area (Å²) in [5, 5.41) is 9.15. The lowest BCUT2D eigenvalue weighted by Gasteiger charge is -2.36. The van der Waals surface area contributed by atoms with E-state index in [9.17, 15) is 28.8 Å². The first-order valence-corrected chi connectivity index (χ1v) is 46.6. The van der Waals surface area contributed by atoms with Crippen LogP contribution in [0.25, 0.3) is 38.9 Å². The van der Waals surface area contributed by atoms with Crippen molar-refractivity contribution in [2.45, 2.75) is 235 Å². The summed E-state index contributed by atoms with van der Waals surface area (Å²) in [7, 11) is 0. The van der Waals surface area contributed by atoms with Gasteiger partial charge in [0.25, 0.3) is 16.7 Å². The van der Waals surface area contributed by atoms with Crippen molar-refractivity contribution in [3.63, 3.8) is 0 Å². The van der Waals surface area contributed by atoms with E-state index in [4.69, 9.17) is 51.0 Å². The number of anilines is 8. The van der Waals surface area contributed by atoms with Crippen LogP contribution < -0.4 is 47.7 Å². The fourth-order valence-electron chi connectivity index (χ4n) is 16.1. The topological polar surface area (TPSA) is 349 Å². The van der Waals surface area contributed by atoms with Gasteiger partial charge in [0.1, 0.15) is 57.0 Å². The van der Waals surface area contributed by atoms with Crippen LogP contribution in [0.15, 0.2) is 116 Å². The molecule has 0 bridgehead atoms. The predicted molar refractivity (Wildman–Crippen MR) is 513 cm³/mol. The molecule has 0 spiro atoms. The van der Waals surface area contributed by atoms with Crippen LogP contribution in [-0.2, 0) is 23.7 Å². The number of hydrogen-bond donors (Lipinski definition) is 3. The number of aromatic nitrogens is 12. The van der Waals surface area contributed by atoms with Crippen molar-refractivity contribution >= 4 is 147 Å². The summed E-state index contributed by atoms with van der Waals surface area (Å²) in [6.07, 6.45) is 28.1. The molecule has 32 nitrogen and oxygen atoms in total. The van der Waals surface area contributed by atoms with Crippen LogP contribution in [-0.4, -0.2) is 200 Å². The molecule has 9 aromatic heterocycles. The number of aryl methyl sites for hydroxylation is 3. The SMILES string of the molecule is C=C(OCCCC)c1c(C)c2cnc(Nc3ccc(N4CCN(C(=O)OC(C)(C)C)CC4)cn3)nc2n(C2CCCC2)c1=O.C=COCCCC.CC(C)(C)OC(=O)N1CCN(c2ccc(N)nc2)CC1.Cc1c(Br)c(=O)n(C2CCCC2)c2nc(Cl)ncc12.Cc1c(Br)c(=O)n(C2CCCC2)c2nc(Nc3ccc(N4CCN(C(=O)OC(C)(C)C)CC4)cn3)ncc12. The fourth-order valence-corrected chi connectivity index (χ4v) is 17.1. The van der Waals surface area contributed by atoms with Crippen molar-refractivity contribution in [1.82, 2.24) is 73.3 Å². The Morgan fingerprint density at radius 1 is 0.477 bits per heavy atom. The lowest BCUT2D eigenvalue weighted by molar-refractivity contribution is 0.0230. The number of pyridine rings is 6. The molecule has 0 atom stereocenters. The number of nitrogens with one attached hydrogen (secondary N) is 2. The van der Waals surface area contributed by atoms with E-state index in [0.29, 0.717) is 139 Å². The van der Waals surface area contributed by atoms with E-state index >= 15 is 0 Å². The molecule has 12 heterocycles. The monoisotopic (exact) mass is 1910 g/mol. The maximum Gasteiger partial charge on any atom is 0.410 e. The first kappa shape index (κ1) is 97.9. The van der Waals surface area contributed by atoms with Gasteiger partial charge >= 0.3 is 18.3 Å². The largest absolute Gasteiger partial charge is 0.502 e. The van der Waals surface area contributed by atoms with Gasteiger partial charge in [-0.2, -0.15) is 15.0 Å². The number of halogens is 3. The van der Waals surface area contributed by atoms with Crippen LogP contribution >= 0.6 is 43.5 Å². The minimum absolute atomic E-state index is 0.0216. The lowest BCUT2D eigenvalue weighted by Crippen LogP contribution is -2.50. The molecule has 3 saturated heterocycles. The number of nitrogen functional groups attached to an aromatic ring is 1. The average molecular weight is 1910 g/mol. The molecule has 4 N–H and O–H groups in total. The van der Waals surface area contributed by atoms with Gasteiger partial charge in [0.15, 0.2) is 0 Å². The molecule has 0 aromatic carbocycles. The van der Waals surface area contributed by atoms with E-state index in [-0.39, 0.29) is 58.4 Å². The molecular weight excluding hydrogens is 1780 g/mol. The van der Waals surface area contributed by atoms with Crippen LogP contribution in [0.1, 0.15) is 219 Å². The van der Waals surface area contributed by atoms with Crippen LogP contribution in [0, 0.1) is 20.8 Å². The van der Waals surface area contributed by atoms with Crippen molar-refractivity contribution in [3.05, 3.63) is 161 Å². The maximum absolute atomic E-state index is 13.9. The Balaban J connectivity index is 0.000000170. The molecule has 35 heteroatoms. The molecular formula is C93H126Br2ClN21O11. The van der Waals surface area contributed by atoms with Gasteiger partial charge in [0.2, 0.25) is 17.2 Å². The molecule has 3 amide bonds. The van der Waals surface area contributed by atoms with E-state index in [1.54, 1.807) is 50.1 Å². The van der Waals surface area contributed by atoms with Crippen LogP contribution in [0.5, 0.6) is 0 Å². The van der Waals surface area contributed by atoms with Crippen molar-refractivity contribution in [3.8, 4) is 0 Å². The minimum atomic E-state index is -0.510. The molecule has 690 valence electrons. The van der Waals surface area contributed by atoms with Crippen LogP contribution in [0.2, 0.25) is 5.28 Å². The second kappa shape index (κ2) is 44.5. The molecule has 0 unspecified atom stereocenters. The molecule has 15 rings (SSSR count). The van der Waals surface area contributed by atoms with Crippen LogP contribution in [0.4, 0.5) is 60.8 Å². The number of hydrogen-bond acceptors (Lipinski definition) is 26. The number of rotatable bonds is 19. The minimum Gasteiger partial charge on any atom is -0.502 e. The molecule has 6 aliphatic rings. The first-order valence-electron chi connectivity index (χ1n) is 44.6. The summed E-state index contributed by atoms with van der Waals surface area (Å²) in [5.41, 5.74) is 11.8. The Morgan fingerprint density at radius 2 is 0.820 bits per heavy atom. The van der Waals surface area contributed by atoms with Crippen LogP contribution in [0.3, 0.4) is 0 Å². The third-order valence-corrected chi connectivity index (χ3v) is 25.0. The lowest BCUT2D eigenvalue weighted by atomic mass is 10.0. The molecule has 9 aromatic rings. The van der Waals surface area contributed by atoms with E-state index in [2.05, 4.69) is 119 Å². The Kier molecular flexibility index (Phi) is 34.0. The van der Waals surface area contributed by atoms with Gasteiger partial charge in [-0.25, -0.2) is 44.3 Å². The Bertz CT molecular complexity index is 5510. The Morgan fingerprint density at radius 3 is 1.16 bits per heavy atom. The van der Waals surface area contributed by atoms with Crippen molar-refractivity contribution in [1.29, 1.82) is 0 Å². The van der Waals surface area contributed by atoms with Gasteiger partial charge in [-0.1, -0.05) is 78.4 Å². The molecule has 3 aliphatic carbocycles. The third-order valence-electron chi connectivity index (χ3n) is 22.9. The third kappa shape index (κ3) is 25.9. The predicted octanol–water partition coefficient (Wildman–Crippen LogP) is 18.7. The zero-order chi connectivity index (χ0) is 92.3. The highest BCUT2D eigenvalue weighted by Gasteiger charge is 2.33. The fraction of sp³-hybridized carbons (Fsp3) is 0.538. The Hall–Kier alpha value is -10.7. The molecule has 3 aliphatic heterocycles. The maximum atomic E-state index is 13.9. The molecule has 6 fully saturated rings. The number of amides is 3. The molecule has 3 saturated carbocycles. The normalized spacial score (nSPS) is 15.9. The van der Waals surface area contributed by atoms with Crippen molar-refractivity contribution in [2.75, 3.05) is 123 Å². The zero-order valence-corrected chi connectivity index (χ0v) is 80.5. The van der Waals surface area contributed by atoms with E-state index in [0.717, 1.165) is 166 Å². The number of fused-ring (bicyclic) bond motifs is 3. The van der Waals surface area contributed by atoms with Crippen molar-refractivity contribution < 1.29 is 38.1 Å². The highest BCUT2D eigenvalue weighted by atomic mass is 79.9. The molecule has 0 radical (unpaired) electrons. The number of carbonyl (C=O) groups excluding carboxylic acids is 3. The summed E-state index contributed by atoms with van der Waals surface area (Å²) >= 11 is 12.8. The van der Waals surface area contributed by atoms with Gasteiger partial charge in [0, 0.05) is 131 Å². The highest BCUT2D eigenvalue weighted by molar-refractivity contribution is 9.10.